The minimum Gasteiger partial charge on any atom is -0.496 e. The molecule has 146 valence electrons. The first-order chi connectivity index (χ1) is 13.5. The summed E-state index contributed by atoms with van der Waals surface area (Å²) < 4.78 is 10.1. The predicted octanol–water partition coefficient (Wildman–Crippen LogP) is 4.26. The molecule has 28 heavy (non-hydrogen) atoms. The van der Waals surface area contributed by atoms with Crippen molar-refractivity contribution in [1.29, 1.82) is 0 Å². The molecule has 0 spiro atoms. The highest BCUT2D eigenvalue weighted by Crippen LogP contribution is 2.27. The number of aryl methyl sites for hydroxylation is 1. The molecule has 0 unspecified atom stereocenters. The Labute approximate surface area is 163 Å². The second-order valence-corrected chi connectivity index (χ2v) is 5.87. The van der Waals surface area contributed by atoms with Crippen molar-refractivity contribution in [3.63, 3.8) is 0 Å². The Morgan fingerprint density at radius 3 is 2.11 bits per heavy atom. The molecule has 6 heteroatoms. The van der Waals surface area contributed by atoms with Crippen molar-refractivity contribution in [2.45, 2.75) is 12.8 Å². The third kappa shape index (κ3) is 5.23. The van der Waals surface area contributed by atoms with Crippen LogP contribution in [0.25, 0.3) is 10.8 Å². The molecular weight excluding hydrogens is 360 g/mol. The van der Waals surface area contributed by atoms with Crippen molar-refractivity contribution in [3.8, 4) is 11.5 Å². The number of carboxylic acid groups (broad SMARTS) is 2. The van der Waals surface area contributed by atoms with Crippen LogP contribution in [0.15, 0.2) is 60.7 Å². The summed E-state index contributed by atoms with van der Waals surface area (Å²) in [6, 6.07) is 18.3. The molecule has 0 radical (unpaired) electrons. The molecule has 3 aromatic rings. The van der Waals surface area contributed by atoms with E-state index in [1.807, 2.05) is 48.5 Å². The largest absolute Gasteiger partial charge is 0.496 e. The number of rotatable bonds is 6. The highest BCUT2D eigenvalue weighted by molar-refractivity contribution is 6.06. The maximum Gasteiger partial charge on any atom is 0.340 e. The van der Waals surface area contributed by atoms with Gasteiger partial charge in [-0.15, -0.1) is 0 Å². The molecule has 0 atom stereocenters. The molecular formula is C22H22O6. The first-order valence-electron chi connectivity index (χ1n) is 8.60. The number of carboxylic acids is 2. The van der Waals surface area contributed by atoms with Gasteiger partial charge in [-0.2, -0.15) is 0 Å². The smallest absolute Gasteiger partial charge is 0.340 e. The fourth-order valence-corrected chi connectivity index (χ4v) is 2.79. The zero-order valence-electron chi connectivity index (χ0n) is 15.7. The number of para-hydroxylation sites is 1. The predicted molar refractivity (Wildman–Crippen MR) is 106 cm³/mol. The summed E-state index contributed by atoms with van der Waals surface area (Å²) in [5.74, 6) is -0.612. The second-order valence-electron chi connectivity index (χ2n) is 5.87. The van der Waals surface area contributed by atoms with Crippen LogP contribution in [0, 0.1) is 0 Å². The number of benzene rings is 3. The maximum atomic E-state index is 11.1. The number of hydrogen-bond acceptors (Lipinski definition) is 4. The van der Waals surface area contributed by atoms with Crippen molar-refractivity contribution in [2.75, 3.05) is 14.2 Å². The minimum atomic E-state index is -0.969. The SMILES string of the molecule is COc1ccc2ccccc2c1C(=O)O.COc1ccccc1CCC(=O)O. The molecule has 6 nitrogen and oxygen atoms in total. The van der Waals surface area contributed by atoms with E-state index in [1.54, 1.807) is 19.2 Å². The highest BCUT2D eigenvalue weighted by atomic mass is 16.5. The van der Waals surface area contributed by atoms with E-state index >= 15 is 0 Å². The van der Waals surface area contributed by atoms with Gasteiger partial charge in [0.1, 0.15) is 17.1 Å². The normalized spacial score (nSPS) is 9.93. The number of carbonyl (C=O) groups is 2. The highest BCUT2D eigenvalue weighted by Gasteiger charge is 2.14. The molecule has 3 rings (SSSR count). The van der Waals surface area contributed by atoms with Crippen molar-refractivity contribution in [1.82, 2.24) is 0 Å². The Kier molecular flexibility index (Phi) is 7.39. The number of fused-ring (bicyclic) bond motifs is 1. The Hall–Kier alpha value is -3.54. The Balaban J connectivity index is 0.000000203. The van der Waals surface area contributed by atoms with Crippen LogP contribution >= 0.6 is 0 Å². The van der Waals surface area contributed by atoms with E-state index in [0.717, 1.165) is 16.7 Å². The average molecular weight is 382 g/mol. The Morgan fingerprint density at radius 2 is 1.46 bits per heavy atom. The molecule has 0 bridgehead atoms. The van der Waals surface area contributed by atoms with E-state index in [1.165, 1.54) is 7.11 Å². The van der Waals surface area contributed by atoms with Crippen LogP contribution in [0.1, 0.15) is 22.3 Å². The number of ether oxygens (including phenoxy) is 2. The lowest BCUT2D eigenvalue weighted by atomic mass is 10.0. The number of aliphatic carboxylic acids is 1. The van der Waals surface area contributed by atoms with Crippen molar-refractivity contribution < 1.29 is 29.3 Å². The van der Waals surface area contributed by atoms with Crippen LogP contribution in [0.4, 0.5) is 0 Å². The van der Waals surface area contributed by atoms with Gasteiger partial charge in [0, 0.05) is 6.42 Å². The second kappa shape index (κ2) is 9.97. The van der Waals surface area contributed by atoms with Gasteiger partial charge in [-0.25, -0.2) is 4.79 Å². The summed E-state index contributed by atoms with van der Waals surface area (Å²) in [6.07, 6.45) is 0.652. The van der Waals surface area contributed by atoms with E-state index < -0.39 is 11.9 Å². The first kappa shape index (κ1) is 20.8. The number of methoxy groups -OCH3 is 2. The molecule has 0 saturated carbocycles. The summed E-state index contributed by atoms with van der Waals surface area (Å²) in [4.78, 5) is 21.4. The van der Waals surface area contributed by atoms with E-state index in [0.29, 0.717) is 17.6 Å². The van der Waals surface area contributed by atoms with E-state index in [4.69, 9.17) is 19.7 Å². The van der Waals surface area contributed by atoms with Crippen LogP contribution in [-0.2, 0) is 11.2 Å². The van der Waals surface area contributed by atoms with Gasteiger partial charge < -0.3 is 19.7 Å². The molecule has 0 aliphatic rings. The third-order valence-corrected chi connectivity index (χ3v) is 4.13. The molecule has 0 saturated heterocycles. The molecule has 0 fully saturated rings. The van der Waals surface area contributed by atoms with Gasteiger partial charge in [0.2, 0.25) is 0 Å². The summed E-state index contributed by atoms with van der Waals surface area (Å²) in [5.41, 5.74) is 1.16. The quantitative estimate of drug-likeness (QED) is 0.662. The zero-order valence-corrected chi connectivity index (χ0v) is 15.7. The van der Waals surface area contributed by atoms with Crippen LogP contribution in [0.2, 0.25) is 0 Å². The van der Waals surface area contributed by atoms with Gasteiger partial charge in [0.25, 0.3) is 0 Å². The molecule has 2 N–H and O–H groups in total. The van der Waals surface area contributed by atoms with Crippen LogP contribution in [0.3, 0.4) is 0 Å². The Morgan fingerprint density at radius 1 is 0.821 bits per heavy atom. The van der Waals surface area contributed by atoms with Gasteiger partial charge >= 0.3 is 11.9 Å². The lowest BCUT2D eigenvalue weighted by Crippen LogP contribution is -2.01. The average Bonchev–Trinajstić information content (AvgIpc) is 2.71. The van der Waals surface area contributed by atoms with Crippen molar-refractivity contribution in [3.05, 3.63) is 71.8 Å². The molecule has 3 aromatic carbocycles. The molecule has 0 aromatic heterocycles. The van der Waals surface area contributed by atoms with Crippen LogP contribution in [0.5, 0.6) is 11.5 Å². The fraction of sp³-hybridized carbons (Fsp3) is 0.182. The number of aromatic carboxylic acids is 1. The zero-order chi connectivity index (χ0) is 20.5. The van der Waals surface area contributed by atoms with E-state index in [-0.39, 0.29) is 12.0 Å². The fourth-order valence-electron chi connectivity index (χ4n) is 2.79. The van der Waals surface area contributed by atoms with Gasteiger partial charge in [-0.05, 0) is 34.9 Å². The topological polar surface area (TPSA) is 93.1 Å². The summed E-state index contributed by atoms with van der Waals surface area (Å²) in [7, 11) is 3.05. The lowest BCUT2D eigenvalue weighted by molar-refractivity contribution is -0.136. The third-order valence-electron chi connectivity index (χ3n) is 4.13. The molecule has 0 amide bonds. The molecule has 0 aliphatic heterocycles. The van der Waals surface area contributed by atoms with Gasteiger partial charge in [-0.1, -0.05) is 48.5 Å². The van der Waals surface area contributed by atoms with Crippen molar-refractivity contribution >= 4 is 22.7 Å². The van der Waals surface area contributed by atoms with Crippen LogP contribution in [-0.4, -0.2) is 36.4 Å². The standard InChI is InChI=1S/C12H10O3.C10H12O3/c1-15-10-7-6-8-4-2-3-5-9(8)11(10)12(13)14;1-13-9-5-3-2-4-8(9)6-7-10(11)12/h2-7H,1H3,(H,13,14);2-5H,6-7H2,1H3,(H,11,12). The lowest BCUT2D eigenvalue weighted by Gasteiger charge is -2.07. The molecule has 0 aliphatic carbocycles. The van der Waals surface area contributed by atoms with E-state index in [9.17, 15) is 9.59 Å². The monoisotopic (exact) mass is 382 g/mol. The van der Waals surface area contributed by atoms with Gasteiger partial charge in [0.15, 0.2) is 0 Å². The Bertz CT molecular complexity index is 964. The summed E-state index contributed by atoms with van der Waals surface area (Å²) >= 11 is 0. The summed E-state index contributed by atoms with van der Waals surface area (Å²) in [5, 5.41) is 19.2. The van der Waals surface area contributed by atoms with E-state index in [2.05, 4.69) is 0 Å². The first-order valence-corrected chi connectivity index (χ1v) is 8.60. The maximum absolute atomic E-state index is 11.1. The van der Waals surface area contributed by atoms with Crippen LogP contribution < -0.4 is 9.47 Å². The number of hydrogen-bond donors (Lipinski definition) is 2. The van der Waals surface area contributed by atoms with Gasteiger partial charge in [-0.3, -0.25) is 4.79 Å². The molecule has 0 heterocycles. The van der Waals surface area contributed by atoms with Gasteiger partial charge in [0.05, 0.1) is 14.2 Å². The minimum absolute atomic E-state index is 0.139. The van der Waals surface area contributed by atoms with Crippen molar-refractivity contribution in [2.24, 2.45) is 0 Å². The summed E-state index contributed by atoms with van der Waals surface area (Å²) in [6.45, 7) is 0.